The molecule has 0 aromatic heterocycles. The summed E-state index contributed by atoms with van der Waals surface area (Å²) in [6.45, 7) is 1.51. The Morgan fingerprint density at radius 3 is 2.87 bits per heavy atom. The second-order valence-corrected chi connectivity index (χ2v) is 4.65. The zero-order valence-electron chi connectivity index (χ0n) is 7.89. The van der Waals surface area contributed by atoms with Gasteiger partial charge in [0.25, 0.3) is 0 Å². The van der Waals surface area contributed by atoms with Crippen LogP contribution in [0.4, 0.5) is 5.69 Å². The first-order valence-electron chi connectivity index (χ1n) is 4.64. The Balaban J connectivity index is 2.09. The molecule has 15 heavy (non-hydrogen) atoms. The Morgan fingerprint density at radius 2 is 2.27 bits per heavy atom. The first-order valence-corrected chi connectivity index (χ1v) is 5.81. The van der Waals surface area contributed by atoms with Gasteiger partial charge in [-0.3, -0.25) is 4.79 Å². The van der Waals surface area contributed by atoms with Crippen LogP contribution in [0.25, 0.3) is 0 Å². The van der Waals surface area contributed by atoms with Gasteiger partial charge in [-0.15, -0.1) is 0 Å². The third kappa shape index (κ3) is 2.33. The number of anilines is 1. The van der Waals surface area contributed by atoms with Gasteiger partial charge in [0.15, 0.2) is 0 Å². The fraction of sp³-hybridized carbons (Fsp3) is 0.300. The molecule has 5 heteroatoms. The van der Waals surface area contributed by atoms with Crippen LogP contribution < -0.4 is 10.6 Å². The molecule has 0 aliphatic carbocycles. The van der Waals surface area contributed by atoms with Crippen molar-refractivity contribution in [2.24, 2.45) is 5.92 Å². The maximum Gasteiger partial charge on any atom is 0.230 e. The quantitative estimate of drug-likeness (QED) is 0.877. The molecule has 2 rings (SSSR count). The third-order valence-corrected chi connectivity index (χ3v) is 3.76. The highest BCUT2D eigenvalue weighted by Gasteiger charge is 2.25. The zero-order valence-corrected chi connectivity index (χ0v) is 10.2. The minimum absolute atomic E-state index is 0.0386. The van der Waals surface area contributed by atoms with Crippen molar-refractivity contribution in [3.63, 3.8) is 0 Å². The van der Waals surface area contributed by atoms with Crippen LogP contribution in [0.3, 0.4) is 0 Å². The van der Waals surface area contributed by atoms with Crippen LogP contribution in [0, 0.1) is 5.92 Å². The van der Waals surface area contributed by atoms with E-state index in [9.17, 15) is 4.79 Å². The summed E-state index contributed by atoms with van der Waals surface area (Å²) in [5.41, 5.74) is 0.722. The molecule has 1 fully saturated rings. The molecule has 1 amide bonds. The normalized spacial score (nSPS) is 15.9. The maximum absolute atomic E-state index is 11.6. The number of hydrogen-bond donors (Lipinski definition) is 2. The lowest BCUT2D eigenvalue weighted by Crippen LogP contribution is -2.48. The second-order valence-electron chi connectivity index (χ2n) is 3.45. The minimum Gasteiger partial charge on any atom is -0.325 e. The topological polar surface area (TPSA) is 41.1 Å². The lowest BCUT2D eigenvalue weighted by Gasteiger charge is -2.26. The summed E-state index contributed by atoms with van der Waals surface area (Å²) in [6.07, 6.45) is 0. The van der Waals surface area contributed by atoms with E-state index in [1.54, 1.807) is 6.07 Å². The van der Waals surface area contributed by atoms with Crippen molar-refractivity contribution < 1.29 is 4.79 Å². The molecule has 1 aromatic carbocycles. The molecule has 0 bridgehead atoms. The third-order valence-electron chi connectivity index (χ3n) is 2.36. The van der Waals surface area contributed by atoms with E-state index in [0.29, 0.717) is 5.02 Å². The molecular weight excluding hydrogens is 279 g/mol. The monoisotopic (exact) mass is 288 g/mol. The van der Waals surface area contributed by atoms with Crippen molar-refractivity contribution in [1.82, 2.24) is 5.32 Å². The molecule has 3 nitrogen and oxygen atoms in total. The molecular formula is C10H10BrClN2O. The van der Waals surface area contributed by atoms with E-state index < -0.39 is 0 Å². The van der Waals surface area contributed by atoms with Crippen LogP contribution in [0.2, 0.25) is 5.02 Å². The first kappa shape index (κ1) is 10.9. The van der Waals surface area contributed by atoms with Crippen LogP contribution in [-0.2, 0) is 4.79 Å². The highest BCUT2D eigenvalue weighted by molar-refractivity contribution is 9.10. The maximum atomic E-state index is 11.6. The molecule has 2 N–H and O–H groups in total. The van der Waals surface area contributed by atoms with Crippen LogP contribution in [-0.4, -0.2) is 19.0 Å². The highest BCUT2D eigenvalue weighted by Crippen LogP contribution is 2.30. The Bertz CT molecular complexity index is 393. The van der Waals surface area contributed by atoms with Gasteiger partial charge < -0.3 is 10.6 Å². The molecule has 0 saturated carbocycles. The standard InChI is InChI=1S/C10H10BrClN2O/c11-9-7(12)2-1-3-8(9)14-10(15)6-4-13-5-6/h1-3,6,13H,4-5H2,(H,14,15). The average molecular weight is 290 g/mol. The van der Waals surface area contributed by atoms with E-state index in [2.05, 4.69) is 26.6 Å². The SMILES string of the molecule is O=C(Nc1cccc(Cl)c1Br)C1CNC1. The van der Waals surface area contributed by atoms with Gasteiger partial charge in [-0.05, 0) is 28.1 Å². The van der Waals surface area contributed by atoms with Gasteiger partial charge >= 0.3 is 0 Å². The molecule has 80 valence electrons. The fourth-order valence-electron chi connectivity index (χ4n) is 1.31. The molecule has 1 aliphatic heterocycles. The Morgan fingerprint density at radius 1 is 1.53 bits per heavy atom. The Kier molecular flexibility index (Phi) is 3.29. The Labute approximate surface area is 101 Å². The predicted molar refractivity (Wildman–Crippen MR) is 64.1 cm³/mol. The fourth-order valence-corrected chi connectivity index (χ4v) is 1.85. The highest BCUT2D eigenvalue weighted by atomic mass is 79.9. The first-order chi connectivity index (χ1) is 7.18. The smallest absolute Gasteiger partial charge is 0.230 e. The summed E-state index contributed by atoms with van der Waals surface area (Å²) < 4.78 is 0.729. The number of amides is 1. The van der Waals surface area contributed by atoms with E-state index in [1.807, 2.05) is 12.1 Å². The molecule has 1 heterocycles. The van der Waals surface area contributed by atoms with Crippen molar-refractivity contribution in [1.29, 1.82) is 0 Å². The van der Waals surface area contributed by atoms with Gasteiger partial charge in [0.05, 0.1) is 21.1 Å². The number of halogens is 2. The number of carbonyl (C=O) groups is 1. The summed E-state index contributed by atoms with van der Waals surface area (Å²) >= 11 is 9.25. The van der Waals surface area contributed by atoms with Crippen molar-refractivity contribution in [2.45, 2.75) is 0 Å². The van der Waals surface area contributed by atoms with Gasteiger partial charge in [0.1, 0.15) is 0 Å². The molecule has 1 aliphatic rings. The summed E-state index contributed by atoms with van der Waals surface area (Å²) in [6, 6.07) is 5.40. The van der Waals surface area contributed by atoms with Crippen LogP contribution in [0.1, 0.15) is 0 Å². The van der Waals surface area contributed by atoms with Crippen LogP contribution in [0.5, 0.6) is 0 Å². The van der Waals surface area contributed by atoms with Crippen molar-refractivity contribution in [2.75, 3.05) is 18.4 Å². The molecule has 1 saturated heterocycles. The average Bonchev–Trinajstić information content (AvgIpc) is 2.10. The van der Waals surface area contributed by atoms with Crippen molar-refractivity contribution in [3.8, 4) is 0 Å². The largest absolute Gasteiger partial charge is 0.325 e. The molecule has 0 radical (unpaired) electrons. The van der Waals surface area contributed by atoms with Gasteiger partial charge in [-0.25, -0.2) is 0 Å². The zero-order chi connectivity index (χ0) is 10.8. The number of hydrogen-bond acceptors (Lipinski definition) is 2. The lowest BCUT2D eigenvalue weighted by molar-refractivity contribution is -0.121. The van der Waals surface area contributed by atoms with Gasteiger partial charge in [0.2, 0.25) is 5.91 Å². The van der Waals surface area contributed by atoms with Crippen LogP contribution in [0.15, 0.2) is 22.7 Å². The van der Waals surface area contributed by atoms with Gasteiger partial charge in [-0.1, -0.05) is 17.7 Å². The van der Waals surface area contributed by atoms with Crippen molar-refractivity contribution in [3.05, 3.63) is 27.7 Å². The number of nitrogens with one attached hydrogen (secondary N) is 2. The summed E-state index contributed by atoms with van der Waals surface area (Å²) in [7, 11) is 0. The van der Waals surface area contributed by atoms with Crippen molar-refractivity contribution >= 4 is 39.1 Å². The molecule has 0 spiro atoms. The number of carbonyl (C=O) groups excluding carboxylic acids is 1. The van der Waals surface area contributed by atoms with E-state index in [-0.39, 0.29) is 11.8 Å². The lowest BCUT2D eigenvalue weighted by atomic mass is 10.0. The number of benzene rings is 1. The van der Waals surface area contributed by atoms with Crippen LogP contribution >= 0.6 is 27.5 Å². The van der Waals surface area contributed by atoms with E-state index in [1.165, 1.54) is 0 Å². The van der Waals surface area contributed by atoms with E-state index >= 15 is 0 Å². The summed E-state index contributed by atoms with van der Waals surface area (Å²) in [5.74, 6) is 0.118. The summed E-state index contributed by atoms with van der Waals surface area (Å²) in [4.78, 5) is 11.6. The molecule has 0 atom stereocenters. The van der Waals surface area contributed by atoms with Gasteiger partial charge in [-0.2, -0.15) is 0 Å². The van der Waals surface area contributed by atoms with E-state index in [4.69, 9.17) is 11.6 Å². The predicted octanol–water partition coefficient (Wildman–Crippen LogP) is 2.26. The van der Waals surface area contributed by atoms with Gasteiger partial charge in [0, 0.05) is 13.1 Å². The number of rotatable bonds is 2. The minimum atomic E-state index is 0.0386. The summed E-state index contributed by atoms with van der Waals surface area (Å²) in [5, 5.41) is 6.49. The molecule has 0 unspecified atom stereocenters. The second kappa shape index (κ2) is 4.51. The van der Waals surface area contributed by atoms with E-state index in [0.717, 1.165) is 23.2 Å². The molecule has 1 aromatic rings. The Hall–Kier alpha value is -0.580.